The molecule has 3 rings (SSSR count). The Morgan fingerprint density at radius 2 is 1.83 bits per heavy atom. The van der Waals surface area contributed by atoms with Gasteiger partial charge in [0.25, 0.3) is 5.91 Å². The minimum Gasteiger partial charge on any atom is -0.448 e. The molecule has 1 saturated heterocycles. The highest BCUT2D eigenvalue weighted by atomic mass is 16.6. The number of unbranched alkanes of at least 4 members (excludes halogenated alkanes) is 1. The Balaban J connectivity index is 1.77. The zero-order valence-corrected chi connectivity index (χ0v) is 15.1. The van der Waals surface area contributed by atoms with Crippen molar-refractivity contribution in [3.8, 4) is 0 Å². The van der Waals surface area contributed by atoms with Crippen LogP contribution in [0.3, 0.4) is 0 Å². The van der Waals surface area contributed by atoms with Gasteiger partial charge in [-0.15, -0.1) is 0 Å². The van der Waals surface area contributed by atoms with Crippen LogP contribution < -0.4 is 5.32 Å². The van der Waals surface area contributed by atoms with Crippen LogP contribution in [0.25, 0.3) is 0 Å². The normalized spacial score (nSPS) is 30.2. The first-order chi connectivity index (χ1) is 11.3. The molecule has 4 nitrogen and oxygen atoms in total. The van der Waals surface area contributed by atoms with Crippen molar-refractivity contribution in [2.75, 3.05) is 5.32 Å². The Morgan fingerprint density at radius 3 is 2.33 bits per heavy atom. The molecule has 4 heteroatoms. The highest BCUT2D eigenvalue weighted by Crippen LogP contribution is 2.65. The molecule has 1 aromatic rings. The van der Waals surface area contributed by atoms with Crippen LogP contribution in [0.4, 0.5) is 5.69 Å². The van der Waals surface area contributed by atoms with Crippen molar-refractivity contribution in [1.82, 2.24) is 0 Å². The second kappa shape index (κ2) is 5.61. The van der Waals surface area contributed by atoms with Gasteiger partial charge in [-0.05, 0) is 50.3 Å². The van der Waals surface area contributed by atoms with Gasteiger partial charge in [-0.1, -0.05) is 39.3 Å². The van der Waals surface area contributed by atoms with Crippen molar-refractivity contribution in [3.63, 3.8) is 0 Å². The van der Waals surface area contributed by atoms with Crippen molar-refractivity contribution in [3.05, 3.63) is 29.8 Å². The second-order valence-corrected chi connectivity index (χ2v) is 7.93. The molecule has 0 unspecified atom stereocenters. The third kappa shape index (κ3) is 2.19. The Bertz CT molecular complexity index is 664. The summed E-state index contributed by atoms with van der Waals surface area (Å²) in [6.45, 7) is 8.03. The van der Waals surface area contributed by atoms with Gasteiger partial charge >= 0.3 is 5.97 Å². The molecule has 1 aliphatic carbocycles. The molecule has 0 radical (unpaired) electrons. The summed E-state index contributed by atoms with van der Waals surface area (Å²) >= 11 is 0. The lowest BCUT2D eigenvalue weighted by atomic mass is 9.66. The summed E-state index contributed by atoms with van der Waals surface area (Å²) < 4.78 is 5.63. The summed E-state index contributed by atoms with van der Waals surface area (Å²) in [5, 5.41) is 2.96. The van der Waals surface area contributed by atoms with Crippen LogP contribution >= 0.6 is 0 Å². The second-order valence-electron chi connectivity index (χ2n) is 7.93. The van der Waals surface area contributed by atoms with Crippen LogP contribution in [0.1, 0.15) is 58.9 Å². The van der Waals surface area contributed by atoms with Crippen molar-refractivity contribution in [2.24, 2.45) is 10.8 Å². The number of hydrogen-bond donors (Lipinski definition) is 1. The van der Waals surface area contributed by atoms with Crippen molar-refractivity contribution in [1.29, 1.82) is 0 Å². The number of rotatable bonds is 5. The fourth-order valence-electron chi connectivity index (χ4n) is 4.11. The summed E-state index contributed by atoms with van der Waals surface area (Å²) in [7, 11) is 0. The van der Waals surface area contributed by atoms with Gasteiger partial charge in [0, 0.05) is 11.1 Å². The van der Waals surface area contributed by atoms with Crippen molar-refractivity contribution < 1.29 is 14.3 Å². The summed E-state index contributed by atoms with van der Waals surface area (Å²) in [6.07, 6.45) is 4.67. The van der Waals surface area contributed by atoms with Crippen LogP contribution in [0, 0.1) is 10.8 Å². The average molecular weight is 329 g/mol. The van der Waals surface area contributed by atoms with Crippen LogP contribution in [-0.4, -0.2) is 17.5 Å². The van der Waals surface area contributed by atoms with Gasteiger partial charge in [-0.25, -0.2) is 0 Å². The van der Waals surface area contributed by atoms with Gasteiger partial charge in [-0.3, -0.25) is 9.59 Å². The molecule has 1 aliphatic heterocycles. The molecule has 2 bridgehead atoms. The third-order valence-corrected chi connectivity index (χ3v) is 6.48. The van der Waals surface area contributed by atoms with Crippen LogP contribution in [-0.2, 0) is 20.7 Å². The van der Waals surface area contributed by atoms with Crippen LogP contribution in [0.2, 0.25) is 0 Å². The van der Waals surface area contributed by atoms with Gasteiger partial charge in [-0.2, -0.15) is 0 Å². The highest BCUT2D eigenvalue weighted by Gasteiger charge is 2.75. The number of ether oxygens (including phenoxy) is 1. The lowest BCUT2D eigenvalue weighted by Crippen LogP contribution is -2.50. The quantitative estimate of drug-likeness (QED) is 0.828. The minimum atomic E-state index is -1.06. The first-order valence-corrected chi connectivity index (χ1v) is 8.91. The minimum absolute atomic E-state index is 0.205. The zero-order valence-electron chi connectivity index (χ0n) is 15.1. The van der Waals surface area contributed by atoms with E-state index in [1.807, 2.05) is 45.0 Å². The Kier molecular flexibility index (Phi) is 3.97. The number of anilines is 1. The molecule has 2 aliphatic rings. The maximum Gasteiger partial charge on any atom is 0.313 e. The number of fused-ring (bicyclic) bond motifs is 2. The Labute approximate surface area is 144 Å². The standard InChI is InChI=1S/C20H27NO3/c1-5-6-7-14-8-10-15(11-9-14)21-16(22)20-13-12-19(4,17(23)24-20)18(20,2)3/h8-11H,5-7,12-13H2,1-4H3,(H,21,22)/t19-,20-/m1/s1. The Hall–Kier alpha value is -1.84. The van der Waals surface area contributed by atoms with Gasteiger partial charge < -0.3 is 10.1 Å². The number of carbonyl (C=O) groups is 2. The monoisotopic (exact) mass is 329 g/mol. The number of amides is 1. The largest absolute Gasteiger partial charge is 0.448 e. The number of benzene rings is 1. The molecule has 0 spiro atoms. The van der Waals surface area contributed by atoms with E-state index in [1.54, 1.807) is 0 Å². The molecule has 24 heavy (non-hydrogen) atoms. The van der Waals surface area contributed by atoms with Crippen LogP contribution in [0.15, 0.2) is 24.3 Å². The van der Waals surface area contributed by atoms with E-state index >= 15 is 0 Å². The lowest BCUT2D eigenvalue weighted by molar-refractivity contribution is -0.165. The molecule has 1 N–H and O–H groups in total. The van der Waals surface area contributed by atoms with E-state index in [0.717, 1.165) is 18.5 Å². The summed E-state index contributed by atoms with van der Waals surface area (Å²) in [5.74, 6) is -0.452. The maximum atomic E-state index is 13.0. The average Bonchev–Trinajstić information content (AvgIpc) is 2.84. The third-order valence-electron chi connectivity index (χ3n) is 6.48. The zero-order chi connectivity index (χ0) is 17.6. The number of nitrogens with one attached hydrogen (secondary N) is 1. The van der Waals surface area contributed by atoms with Crippen molar-refractivity contribution in [2.45, 2.75) is 65.4 Å². The van der Waals surface area contributed by atoms with Gasteiger partial charge in [0.05, 0.1) is 5.41 Å². The van der Waals surface area contributed by atoms with Gasteiger partial charge in [0.1, 0.15) is 0 Å². The smallest absolute Gasteiger partial charge is 0.313 e. The van der Waals surface area contributed by atoms with Crippen LogP contribution in [0.5, 0.6) is 0 Å². The predicted molar refractivity (Wildman–Crippen MR) is 93.6 cm³/mol. The molecule has 2 atom stereocenters. The highest BCUT2D eigenvalue weighted by molar-refractivity contribution is 6.03. The summed E-state index contributed by atoms with van der Waals surface area (Å²) in [5.41, 5.74) is -0.118. The molecular weight excluding hydrogens is 302 g/mol. The van der Waals surface area contributed by atoms with Crippen molar-refractivity contribution >= 4 is 17.6 Å². The molecule has 1 saturated carbocycles. The Morgan fingerprint density at radius 1 is 1.17 bits per heavy atom. The lowest BCUT2D eigenvalue weighted by Gasteiger charge is -2.35. The van der Waals surface area contributed by atoms with E-state index in [9.17, 15) is 9.59 Å². The fourth-order valence-corrected chi connectivity index (χ4v) is 4.11. The maximum absolute atomic E-state index is 13.0. The molecular formula is C20H27NO3. The number of hydrogen-bond acceptors (Lipinski definition) is 3. The molecule has 1 heterocycles. The number of esters is 1. The molecule has 130 valence electrons. The first-order valence-electron chi connectivity index (χ1n) is 8.91. The SMILES string of the molecule is CCCCc1ccc(NC(=O)[C@@]23CC[C@](C)(C(=O)O2)C3(C)C)cc1. The molecule has 2 fully saturated rings. The summed E-state index contributed by atoms with van der Waals surface area (Å²) in [6, 6.07) is 7.95. The molecule has 0 aromatic heterocycles. The van der Waals surface area contributed by atoms with E-state index in [-0.39, 0.29) is 11.9 Å². The van der Waals surface area contributed by atoms with E-state index < -0.39 is 16.4 Å². The predicted octanol–water partition coefficient (Wildman–Crippen LogP) is 4.09. The molecule has 1 aromatic carbocycles. The first kappa shape index (κ1) is 17.0. The van der Waals surface area contributed by atoms with Gasteiger partial charge in [0.2, 0.25) is 0 Å². The molecule has 1 amide bonds. The summed E-state index contributed by atoms with van der Waals surface area (Å²) in [4.78, 5) is 25.2. The number of aryl methyl sites for hydroxylation is 1. The number of carbonyl (C=O) groups excluding carboxylic acids is 2. The topological polar surface area (TPSA) is 55.4 Å². The van der Waals surface area contributed by atoms with E-state index in [1.165, 1.54) is 12.0 Å². The van der Waals surface area contributed by atoms with E-state index in [4.69, 9.17) is 4.74 Å². The fraction of sp³-hybridized carbons (Fsp3) is 0.600. The van der Waals surface area contributed by atoms with E-state index in [0.29, 0.717) is 12.8 Å². The van der Waals surface area contributed by atoms with E-state index in [2.05, 4.69) is 12.2 Å². The van der Waals surface area contributed by atoms with Gasteiger partial charge in [0.15, 0.2) is 5.60 Å².